The lowest BCUT2D eigenvalue weighted by Crippen LogP contribution is -2.53. The molecule has 8 heteroatoms. The molecule has 5 nitrogen and oxygen atoms in total. The molecule has 0 amide bonds. The van der Waals surface area contributed by atoms with Gasteiger partial charge in [-0.25, -0.2) is 14.6 Å². The second-order valence-electron chi connectivity index (χ2n) is 4.33. The molecule has 0 aliphatic carbocycles. The van der Waals surface area contributed by atoms with E-state index in [4.69, 9.17) is 0 Å². The Labute approximate surface area is 106 Å². The van der Waals surface area contributed by atoms with Crippen molar-refractivity contribution in [2.24, 2.45) is 5.92 Å². The normalized spacial score (nSPS) is 16.5. The summed E-state index contributed by atoms with van der Waals surface area (Å²) in [6, 6.07) is 3.37. The smallest absolute Gasteiger partial charge is 0.355 e. The van der Waals surface area contributed by atoms with Crippen LogP contribution in [-0.4, -0.2) is 39.0 Å². The molecular formula is C11H10F3N5. The van der Waals surface area contributed by atoms with Crippen molar-refractivity contribution in [3.8, 4) is 5.82 Å². The number of anilines is 1. The van der Waals surface area contributed by atoms with Gasteiger partial charge in [0.25, 0.3) is 0 Å². The molecule has 0 radical (unpaired) electrons. The molecule has 1 aliphatic heterocycles. The van der Waals surface area contributed by atoms with E-state index < -0.39 is 12.1 Å². The molecule has 0 atom stereocenters. The van der Waals surface area contributed by atoms with Gasteiger partial charge in [0.1, 0.15) is 12.1 Å². The van der Waals surface area contributed by atoms with Crippen LogP contribution in [0, 0.1) is 5.92 Å². The Balaban J connectivity index is 1.76. The first-order chi connectivity index (χ1) is 9.04. The largest absolute Gasteiger partial charge is 0.395 e. The fourth-order valence-electron chi connectivity index (χ4n) is 1.91. The van der Waals surface area contributed by atoms with Crippen molar-refractivity contribution in [3.05, 3.63) is 30.9 Å². The van der Waals surface area contributed by atoms with Crippen LogP contribution in [0.25, 0.3) is 5.82 Å². The second kappa shape index (κ2) is 4.22. The molecular weight excluding hydrogens is 259 g/mol. The fourth-order valence-corrected chi connectivity index (χ4v) is 1.91. The highest BCUT2D eigenvalue weighted by Crippen LogP contribution is 2.35. The minimum Gasteiger partial charge on any atom is -0.355 e. The van der Waals surface area contributed by atoms with E-state index in [0.29, 0.717) is 11.6 Å². The standard InChI is InChI=1S/C11H10F3N5/c12-11(13,14)8-5-18(6-8)9-4-10(16-7-15-9)19-3-1-2-17-19/h1-4,7-8H,5-6H2. The van der Waals surface area contributed by atoms with Crippen LogP contribution in [0.4, 0.5) is 19.0 Å². The zero-order valence-corrected chi connectivity index (χ0v) is 9.75. The summed E-state index contributed by atoms with van der Waals surface area (Å²) in [5.74, 6) is -0.248. The number of halogens is 3. The summed E-state index contributed by atoms with van der Waals surface area (Å²) in [7, 11) is 0. The highest BCUT2D eigenvalue weighted by molar-refractivity contribution is 5.45. The van der Waals surface area contributed by atoms with Crippen molar-refractivity contribution < 1.29 is 13.2 Å². The molecule has 2 aromatic rings. The summed E-state index contributed by atoms with van der Waals surface area (Å²) in [6.45, 7) is -0.113. The van der Waals surface area contributed by atoms with Gasteiger partial charge in [-0.1, -0.05) is 0 Å². The fraction of sp³-hybridized carbons (Fsp3) is 0.364. The van der Waals surface area contributed by atoms with Crippen molar-refractivity contribution >= 4 is 5.82 Å². The van der Waals surface area contributed by atoms with Gasteiger partial charge in [-0.3, -0.25) is 0 Å². The van der Waals surface area contributed by atoms with E-state index in [2.05, 4.69) is 15.1 Å². The van der Waals surface area contributed by atoms with E-state index in [-0.39, 0.29) is 13.1 Å². The van der Waals surface area contributed by atoms with Crippen LogP contribution >= 0.6 is 0 Å². The Hall–Kier alpha value is -2.12. The highest BCUT2D eigenvalue weighted by Gasteiger charge is 2.47. The van der Waals surface area contributed by atoms with Crippen molar-refractivity contribution in [2.45, 2.75) is 6.18 Å². The molecule has 3 rings (SSSR count). The minimum absolute atomic E-state index is 0.0565. The quantitative estimate of drug-likeness (QED) is 0.832. The minimum atomic E-state index is -4.13. The second-order valence-corrected chi connectivity index (χ2v) is 4.33. The Morgan fingerprint density at radius 3 is 2.53 bits per heavy atom. The first-order valence-corrected chi connectivity index (χ1v) is 5.68. The molecule has 19 heavy (non-hydrogen) atoms. The van der Waals surface area contributed by atoms with Gasteiger partial charge in [-0.15, -0.1) is 0 Å². The lowest BCUT2D eigenvalue weighted by atomic mass is 10.00. The van der Waals surface area contributed by atoms with Crippen LogP contribution in [0.15, 0.2) is 30.9 Å². The molecule has 0 saturated carbocycles. The van der Waals surface area contributed by atoms with Crippen molar-refractivity contribution in [1.82, 2.24) is 19.7 Å². The predicted octanol–water partition coefficient (Wildman–Crippen LogP) is 1.66. The number of rotatable bonds is 2. The zero-order valence-electron chi connectivity index (χ0n) is 9.75. The first-order valence-electron chi connectivity index (χ1n) is 5.68. The summed E-state index contributed by atoms with van der Waals surface area (Å²) in [6.07, 6.45) is 0.507. The number of nitrogens with zero attached hydrogens (tertiary/aromatic N) is 5. The predicted molar refractivity (Wildman–Crippen MR) is 60.9 cm³/mol. The summed E-state index contributed by atoms with van der Waals surface area (Å²) in [5, 5.41) is 4.01. The topological polar surface area (TPSA) is 46.8 Å². The van der Waals surface area contributed by atoms with Crippen LogP contribution < -0.4 is 4.90 Å². The van der Waals surface area contributed by atoms with Gasteiger partial charge < -0.3 is 4.90 Å². The molecule has 3 heterocycles. The Morgan fingerprint density at radius 2 is 1.89 bits per heavy atom. The Morgan fingerprint density at radius 1 is 1.16 bits per heavy atom. The van der Waals surface area contributed by atoms with E-state index in [1.54, 1.807) is 29.4 Å². The van der Waals surface area contributed by atoms with Gasteiger partial charge in [-0.2, -0.15) is 18.3 Å². The third-order valence-corrected chi connectivity index (χ3v) is 3.05. The van der Waals surface area contributed by atoms with Gasteiger partial charge in [0, 0.05) is 31.5 Å². The third-order valence-electron chi connectivity index (χ3n) is 3.05. The number of hydrogen-bond acceptors (Lipinski definition) is 4. The molecule has 0 bridgehead atoms. The molecule has 100 valence electrons. The molecule has 0 aromatic carbocycles. The maximum Gasteiger partial charge on any atom is 0.395 e. The molecule has 1 saturated heterocycles. The van der Waals surface area contributed by atoms with E-state index in [1.165, 1.54) is 11.0 Å². The van der Waals surface area contributed by atoms with Gasteiger partial charge in [0.05, 0.1) is 5.92 Å². The lowest BCUT2D eigenvalue weighted by molar-refractivity contribution is -0.180. The van der Waals surface area contributed by atoms with E-state index in [1.807, 2.05) is 0 Å². The Bertz CT molecular complexity index is 560. The molecule has 0 unspecified atom stereocenters. The van der Waals surface area contributed by atoms with Gasteiger partial charge in [-0.05, 0) is 6.07 Å². The van der Waals surface area contributed by atoms with Crippen LogP contribution in [0.5, 0.6) is 0 Å². The van der Waals surface area contributed by atoms with Crippen LogP contribution in [0.2, 0.25) is 0 Å². The molecule has 0 N–H and O–H groups in total. The summed E-state index contributed by atoms with van der Waals surface area (Å²) < 4.78 is 38.8. The molecule has 1 aliphatic rings. The zero-order chi connectivity index (χ0) is 13.5. The van der Waals surface area contributed by atoms with Gasteiger partial charge >= 0.3 is 6.18 Å². The average molecular weight is 269 g/mol. The summed E-state index contributed by atoms with van der Waals surface area (Å²) >= 11 is 0. The maximum atomic E-state index is 12.4. The molecule has 2 aromatic heterocycles. The SMILES string of the molecule is FC(F)(F)C1CN(c2cc(-n3cccn3)ncn2)C1. The summed E-state index contributed by atoms with van der Waals surface area (Å²) in [5.41, 5.74) is 0. The monoisotopic (exact) mass is 269 g/mol. The van der Waals surface area contributed by atoms with Crippen molar-refractivity contribution in [1.29, 1.82) is 0 Å². The average Bonchev–Trinajstić information content (AvgIpc) is 2.78. The number of aromatic nitrogens is 4. The van der Waals surface area contributed by atoms with E-state index >= 15 is 0 Å². The highest BCUT2D eigenvalue weighted by atomic mass is 19.4. The third kappa shape index (κ3) is 2.25. The van der Waals surface area contributed by atoms with Crippen LogP contribution in [-0.2, 0) is 0 Å². The first kappa shape index (κ1) is 11.9. The summed E-state index contributed by atoms with van der Waals surface area (Å²) in [4.78, 5) is 9.60. The Kier molecular flexibility index (Phi) is 2.65. The van der Waals surface area contributed by atoms with Gasteiger partial charge in [0.2, 0.25) is 0 Å². The number of alkyl halides is 3. The lowest BCUT2D eigenvalue weighted by Gasteiger charge is -2.40. The molecule has 0 spiro atoms. The van der Waals surface area contributed by atoms with Crippen molar-refractivity contribution in [2.75, 3.05) is 18.0 Å². The molecule has 1 fully saturated rings. The van der Waals surface area contributed by atoms with Crippen molar-refractivity contribution in [3.63, 3.8) is 0 Å². The van der Waals surface area contributed by atoms with Crippen LogP contribution in [0.3, 0.4) is 0 Å². The van der Waals surface area contributed by atoms with E-state index in [9.17, 15) is 13.2 Å². The maximum absolute atomic E-state index is 12.4. The van der Waals surface area contributed by atoms with Crippen LogP contribution in [0.1, 0.15) is 0 Å². The van der Waals surface area contributed by atoms with Gasteiger partial charge in [0.15, 0.2) is 5.82 Å². The van der Waals surface area contributed by atoms with E-state index in [0.717, 1.165) is 0 Å². The number of hydrogen-bond donors (Lipinski definition) is 0.